The van der Waals surface area contributed by atoms with Crippen LogP contribution < -0.4 is 4.74 Å². The molecule has 2 aliphatic heterocycles. The first-order valence-corrected chi connectivity index (χ1v) is 10.1. The van der Waals surface area contributed by atoms with E-state index in [1.165, 1.54) is 18.4 Å². The molecule has 1 saturated heterocycles. The number of benzene rings is 1. The molecule has 1 aromatic rings. The highest BCUT2D eigenvalue weighted by molar-refractivity contribution is 6.22. The van der Waals surface area contributed by atoms with Crippen molar-refractivity contribution >= 4 is 11.4 Å². The van der Waals surface area contributed by atoms with Gasteiger partial charge in [0, 0.05) is 12.8 Å². The molecule has 4 rings (SSSR count). The third kappa shape index (κ3) is 4.20. The molecular formula is C21H26O10. The monoisotopic (exact) mass is 438 g/mol. The Morgan fingerprint density at radius 2 is 1.68 bits per heavy atom. The minimum atomic E-state index is -1.55. The molecule has 0 spiro atoms. The highest BCUT2D eigenvalue weighted by Crippen LogP contribution is 2.37. The van der Waals surface area contributed by atoms with E-state index in [1.54, 1.807) is 12.1 Å². The molecule has 9 unspecified atom stereocenters. The minimum Gasteiger partial charge on any atom is -0.496 e. The number of fused-ring (bicyclic) bond motifs is 1. The highest BCUT2D eigenvalue weighted by atomic mass is 16.7. The van der Waals surface area contributed by atoms with E-state index in [0.29, 0.717) is 5.56 Å². The molecular weight excluding hydrogens is 412 g/mol. The van der Waals surface area contributed by atoms with Crippen molar-refractivity contribution in [2.45, 2.75) is 61.9 Å². The first kappa shape index (κ1) is 22.2. The summed E-state index contributed by atoms with van der Waals surface area (Å²) in [5.74, 6) is -0.747. The van der Waals surface area contributed by atoms with Crippen LogP contribution >= 0.6 is 0 Å². The molecule has 0 bridgehead atoms. The summed E-state index contributed by atoms with van der Waals surface area (Å²) in [6, 6.07) is 6.24. The molecule has 1 saturated carbocycles. The van der Waals surface area contributed by atoms with Crippen LogP contribution in [0.1, 0.15) is 18.4 Å². The van der Waals surface area contributed by atoms with E-state index in [4.69, 9.17) is 14.2 Å². The van der Waals surface area contributed by atoms with E-state index >= 15 is 0 Å². The molecule has 0 aromatic heterocycles. The Kier molecular flexibility index (Phi) is 6.31. The number of aliphatic hydroxyl groups is 6. The van der Waals surface area contributed by atoms with Gasteiger partial charge in [-0.3, -0.25) is 4.79 Å². The summed E-state index contributed by atoms with van der Waals surface area (Å²) >= 11 is 0. The second kappa shape index (κ2) is 8.83. The number of hydrogen-bond acceptors (Lipinski definition) is 10. The van der Waals surface area contributed by atoms with Crippen LogP contribution in [-0.4, -0.2) is 92.0 Å². The summed E-state index contributed by atoms with van der Waals surface area (Å²) in [5.41, 5.74) is 0.819. The topological polar surface area (TPSA) is 166 Å². The van der Waals surface area contributed by atoms with E-state index in [1.807, 2.05) is 0 Å². The minimum absolute atomic E-state index is 0.120. The van der Waals surface area contributed by atoms with Gasteiger partial charge in [-0.2, -0.15) is 0 Å². The SMILES string of the molecule is O=C1C(c2ccc(OC3OC(CO)C(O)C(O)C3O)cc2)=COC2CC(O)CC(O)C12. The average molecular weight is 438 g/mol. The lowest BCUT2D eigenvalue weighted by molar-refractivity contribution is -0.277. The number of Topliss-reactive ketones (excluding diaryl/α,β-unsaturated/α-hetero) is 1. The maximum Gasteiger partial charge on any atom is 0.229 e. The van der Waals surface area contributed by atoms with E-state index in [2.05, 4.69) is 0 Å². The average Bonchev–Trinajstić information content (AvgIpc) is 2.74. The van der Waals surface area contributed by atoms with Crippen LogP contribution in [0.3, 0.4) is 0 Å². The fourth-order valence-electron chi connectivity index (χ4n) is 4.28. The van der Waals surface area contributed by atoms with Gasteiger partial charge in [0.15, 0.2) is 5.78 Å². The van der Waals surface area contributed by atoms with Gasteiger partial charge in [0.05, 0.1) is 36.6 Å². The Morgan fingerprint density at radius 3 is 2.35 bits per heavy atom. The highest BCUT2D eigenvalue weighted by Gasteiger charge is 2.46. The smallest absolute Gasteiger partial charge is 0.229 e. The first-order chi connectivity index (χ1) is 14.8. The first-order valence-electron chi connectivity index (χ1n) is 10.1. The molecule has 9 atom stereocenters. The number of hydrogen-bond donors (Lipinski definition) is 6. The summed E-state index contributed by atoms with van der Waals surface area (Å²) in [4.78, 5) is 12.9. The molecule has 1 aromatic carbocycles. The molecule has 3 aliphatic rings. The van der Waals surface area contributed by atoms with Crippen LogP contribution in [-0.2, 0) is 14.3 Å². The van der Waals surface area contributed by atoms with Crippen molar-refractivity contribution < 1.29 is 49.6 Å². The van der Waals surface area contributed by atoms with Gasteiger partial charge in [-0.15, -0.1) is 0 Å². The predicted octanol–water partition coefficient (Wildman–Crippen LogP) is -1.69. The van der Waals surface area contributed by atoms with Crippen molar-refractivity contribution in [3.05, 3.63) is 36.1 Å². The van der Waals surface area contributed by atoms with E-state index in [-0.39, 0.29) is 29.9 Å². The summed E-state index contributed by atoms with van der Waals surface area (Å²) in [7, 11) is 0. The lowest BCUT2D eigenvalue weighted by Crippen LogP contribution is -2.60. The van der Waals surface area contributed by atoms with Gasteiger partial charge in [0.25, 0.3) is 0 Å². The van der Waals surface area contributed by atoms with Crippen LogP contribution in [0.2, 0.25) is 0 Å². The molecule has 10 nitrogen and oxygen atoms in total. The summed E-state index contributed by atoms with van der Waals surface area (Å²) in [6.45, 7) is -0.564. The van der Waals surface area contributed by atoms with Crippen LogP contribution in [0.25, 0.3) is 5.57 Å². The third-order valence-electron chi connectivity index (χ3n) is 6.03. The quantitative estimate of drug-likeness (QED) is 0.319. The largest absolute Gasteiger partial charge is 0.496 e. The van der Waals surface area contributed by atoms with Gasteiger partial charge in [0.1, 0.15) is 36.3 Å². The second-order valence-corrected chi connectivity index (χ2v) is 8.13. The molecule has 1 aliphatic carbocycles. The van der Waals surface area contributed by atoms with Crippen LogP contribution in [0.15, 0.2) is 30.5 Å². The summed E-state index contributed by atoms with van der Waals surface area (Å²) in [5, 5.41) is 59.0. The molecule has 0 amide bonds. The van der Waals surface area contributed by atoms with Gasteiger partial charge < -0.3 is 44.8 Å². The van der Waals surface area contributed by atoms with Crippen molar-refractivity contribution in [1.82, 2.24) is 0 Å². The summed E-state index contributed by atoms with van der Waals surface area (Å²) < 4.78 is 16.5. The maximum absolute atomic E-state index is 12.9. The Hall–Kier alpha value is -2.05. The van der Waals surface area contributed by atoms with Crippen molar-refractivity contribution in [3.63, 3.8) is 0 Å². The van der Waals surface area contributed by atoms with Gasteiger partial charge >= 0.3 is 0 Å². The van der Waals surface area contributed by atoms with Gasteiger partial charge in [-0.05, 0) is 17.7 Å². The van der Waals surface area contributed by atoms with E-state index in [9.17, 15) is 35.4 Å². The fourth-order valence-corrected chi connectivity index (χ4v) is 4.28. The zero-order valence-electron chi connectivity index (χ0n) is 16.5. The Balaban J connectivity index is 1.47. The van der Waals surface area contributed by atoms with Crippen molar-refractivity contribution in [2.75, 3.05) is 6.61 Å². The van der Waals surface area contributed by atoms with E-state index < -0.39 is 61.5 Å². The Labute approximate surface area is 177 Å². The predicted molar refractivity (Wildman–Crippen MR) is 103 cm³/mol. The fraction of sp³-hybridized carbons (Fsp3) is 0.571. The Morgan fingerprint density at radius 1 is 0.968 bits per heavy atom. The molecule has 31 heavy (non-hydrogen) atoms. The Bertz CT molecular complexity index is 822. The van der Waals surface area contributed by atoms with Crippen LogP contribution in [0.5, 0.6) is 5.75 Å². The van der Waals surface area contributed by atoms with Gasteiger partial charge in [-0.1, -0.05) is 12.1 Å². The number of aliphatic hydroxyl groups excluding tert-OH is 6. The number of ketones is 1. The number of allylic oxidation sites excluding steroid dienone is 1. The van der Waals surface area contributed by atoms with Crippen molar-refractivity contribution in [2.24, 2.45) is 5.92 Å². The lowest BCUT2D eigenvalue weighted by Gasteiger charge is -2.39. The molecule has 170 valence electrons. The van der Waals surface area contributed by atoms with Gasteiger partial charge in [0.2, 0.25) is 6.29 Å². The van der Waals surface area contributed by atoms with Crippen molar-refractivity contribution in [1.29, 1.82) is 0 Å². The standard InChI is InChI=1S/C21H26O10/c22-7-15-18(26)19(27)20(28)21(31-15)30-11-3-1-9(2-4-11)12-8-29-14-6-10(23)5-13(24)16(14)17(12)25/h1-4,8,10,13-16,18-24,26-28H,5-7H2. The number of rotatable bonds is 4. The number of carbonyl (C=O) groups is 1. The molecule has 10 heteroatoms. The maximum atomic E-state index is 12.9. The number of ether oxygens (including phenoxy) is 3. The third-order valence-corrected chi connectivity index (χ3v) is 6.03. The summed E-state index contributed by atoms with van der Waals surface area (Å²) in [6.07, 6.45) is -7.49. The van der Waals surface area contributed by atoms with Gasteiger partial charge in [-0.25, -0.2) is 0 Å². The van der Waals surface area contributed by atoms with Crippen LogP contribution in [0, 0.1) is 5.92 Å². The number of carbonyl (C=O) groups excluding carboxylic acids is 1. The zero-order valence-corrected chi connectivity index (χ0v) is 16.5. The van der Waals surface area contributed by atoms with Crippen LogP contribution in [0.4, 0.5) is 0 Å². The van der Waals surface area contributed by atoms with E-state index in [0.717, 1.165) is 0 Å². The zero-order chi connectivity index (χ0) is 22.3. The molecule has 2 fully saturated rings. The normalized spacial score (nSPS) is 40.5. The molecule has 6 N–H and O–H groups in total. The molecule has 0 radical (unpaired) electrons. The van der Waals surface area contributed by atoms with Crippen molar-refractivity contribution in [3.8, 4) is 5.75 Å². The molecule has 2 heterocycles. The lowest BCUT2D eigenvalue weighted by atomic mass is 9.76. The second-order valence-electron chi connectivity index (χ2n) is 8.13.